The van der Waals surface area contributed by atoms with E-state index in [1.54, 1.807) is 0 Å². The Labute approximate surface area is 144 Å². The zero-order valence-electron chi connectivity index (χ0n) is 13.8. The standard InChI is InChI=1S/C18H18N4O3/c1-11-4-6-12(7-5-11)15-14-16(19-10-20-17(14)25-21-15)22-8-2-3-13(9-22)18(23)24/h4-7,10,13H,2-3,8-9H2,1H3,(H,23,24). The molecule has 0 bridgehead atoms. The molecule has 0 spiro atoms. The first-order valence-corrected chi connectivity index (χ1v) is 8.28. The van der Waals surface area contributed by atoms with Crippen LogP contribution in [-0.4, -0.2) is 39.3 Å². The van der Waals surface area contributed by atoms with E-state index in [1.807, 2.05) is 36.1 Å². The van der Waals surface area contributed by atoms with Gasteiger partial charge in [-0.15, -0.1) is 0 Å². The molecule has 1 saturated heterocycles. The third-order valence-electron chi connectivity index (χ3n) is 4.65. The molecule has 3 heterocycles. The third kappa shape index (κ3) is 2.82. The molecule has 7 heteroatoms. The molecule has 1 unspecified atom stereocenters. The normalized spacial score (nSPS) is 17.8. The SMILES string of the molecule is Cc1ccc(-c2noc3ncnc(N4CCCC(C(=O)O)C4)c23)cc1. The number of hydrogen-bond acceptors (Lipinski definition) is 6. The molecule has 1 fully saturated rings. The molecule has 1 aliphatic heterocycles. The number of nitrogens with zero attached hydrogens (tertiary/aromatic N) is 4. The summed E-state index contributed by atoms with van der Waals surface area (Å²) in [5.74, 6) is -0.465. The van der Waals surface area contributed by atoms with Crippen LogP contribution in [0.25, 0.3) is 22.4 Å². The number of aryl methyl sites for hydroxylation is 1. The van der Waals surface area contributed by atoms with Gasteiger partial charge in [0.1, 0.15) is 23.2 Å². The summed E-state index contributed by atoms with van der Waals surface area (Å²) in [6.45, 7) is 3.22. The molecule has 3 aromatic rings. The monoisotopic (exact) mass is 338 g/mol. The molecule has 1 aromatic carbocycles. The second-order valence-corrected chi connectivity index (χ2v) is 6.40. The average Bonchev–Trinajstić information content (AvgIpc) is 3.06. The van der Waals surface area contributed by atoms with Crippen LogP contribution < -0.4 is 4.90 Å². The lowest BCUT2D eigenvalue weighted by Crippen LogP contribution is -2.39. The van der Waals surface area contributed by atoms with Gasteiger partial charge in [-0.05, 0) is 19.8 Å². The van der Waals surface area contributed by atoms with Crippen LogP contribution in [0.4, 0.5) is 5.82 Å². The Morgan fingerprint density at radius 2 is 2.08 bits per heavy atom. The van der Waals surface area contributed by atoms with Crippen LogP contribution in [0, 0.1) is 12.8 Å². The number of aromatic nitrogens is 3. The van der Waals surface area contributed by atoms with Gasteiger partial charge in [0.05, 0.1) is 5.92 Å². The summed E-state index contributed by atoms with van der Waals surface area (Å²) in [6, 6.07) is 8.00. The van der Waals surface area contributed by atoms with Crippen LogP contribution in [0.15, 0.2) is 35.1 Å². The van der Waals surface area contributed by atoms with Gasteiger partial charge in [-0.2, -0.15) is 4.98 Å². The highest BCUT2D eigenvalue weighted by atomic mass is 16.5. The quantitative estimate of drug-likeness (QED) is 0.785. The Balaban J connectivity index is 1.80. The molecule has 25 heavy (non-hydrogen) atoms. The van der Waals surface area contributed by atoms with Crippen molar-refractivity contribution in [1.29, 1.82) is 0 Å². The highest BCUT2D eigenvalue weighted by Gasteiger charge is 2.29. The number of piperidine rings is 1. The lowest BCUT2D eigenvalue weighted by atomic mass is 9.98. The number of carboxylic acids is 1. The van der Waals surface area contributed by atoms with Crippen LogP contribution in [-0.2, 0) is 4.79 Å². The first kappa shape index (κ1) is 15.6. The fraction of sp³-hybridized carbons (Fsp3) is 0.333. The predicted molar refractivity (Wildman–Crippen MR) is 92.3 cm³/mol. The summed E-state index contributed by atoms with van der Waals surface area (Å²) < 4.78 is 5.40. The molecule has 1 atom stereocenters. The van der Waals surface area contributed by atoms with Crippen molar-refractivity contribution in [1.82, 2.24) is 15.1 Å². The smallest absolute Gasteiger partial charge is 0.308 e. The van der Waals surface area contributed by atoms with Gasteiger partial charge in [-0.1, -0.05) is 35.0 Å². The Morgan fingerprint density at radius 3 is 2.84 bits per heavy atom. The van der Waals surface area contributed by atoms with E-state index in [-0.39, 0.29) is 5.92 Å². The van der Waals surface area contributed by atoms with Gasteiger partial charge in [-0.3, -0.25) is 4.79 Å². The fourth-order valence-electron chi connectivity index (χ4n) is 3.29. The number of aliphatic carboxylic acids is 1. The van der Waals surface area contributed by atoms with Gasteiger partial charge in [0.15, 0.2) is 0 Å². The Bertz CT molecular complexity index is 920. The lowest BCUT2D eigenvalue weighted by Gasteiger charge is -2.31. The average molecular weight is 338 g/mol. The molecular formula is C18H18N4O3. The van der Waals surface area contributed by atoms with Crippen LogP contribution >= 0.6 is 0 Å². The van der Waals surface area contributed by atoms with E-state index in [0.29, 0.717) is 30.2 Å². The van der Waals surface area contributed by atoms with Crippen molar-refractivity contribution in [2.24, 2.45) is 5.92 Å². The van der Waals surface area contributed by atoms with E-state index < -0.39 is 5.97 Å². The maximum absolute atomic E-state index is 11.4. The molecule has 1 N–H and O–H groups in total. The van der Waals surface area contributed by atoms with Crippen molar-refractivity contribution in [2.75, 3.05) is 18.0 Å². The van der Waals surface area contributed by atoms with Crippen molar-refractivity contribution >= 4 is 22.9 Å². The summed E-state index contributed by atoms with van der Waals surface area (Å²) in [6.07, 6.45) is 2.94. The molecule has 0 saturated carbocycles. The number of fused-ring (bicyclic) bond motifs is 1. The number of hydrogen-bond donors (Lipinski definition) is 1. The van der Waals surface area contributed by atoms with Gasteiger partial charge in [0.2, 0.25) is 0 Å². The summed E-state index contributed by atoms with van der Waals surface area (Å²) >= 11 is 0. The zero-order chi connectivity index (χ0) is 17.4. The molecule has 128 valence electrons. The Morgan fingerprint density at radius 1 is 1.28 bits per heavy atom. The van der Waals surface area contributed by atoms with Crippen molar-refractivity contribution in [2.45, 2.75) is 19.8 Å². The van der Waals surface area contributed by atoms with Crippen LogP contribution in [0.1, 0.15) is 18.4 Å². The molecule has 2 aromatic heterocycles. The first-order chi connectivity index (χ1) is 12.1. The van der Waals surface area contributed by atoms with Crippen molar-refractivity contribution in [3.05, 3.63) is 36.2 Å². The number of carbonyl (C=O) groups is 1. The summed E-state index contributed by atoms with van der Waals surface area (Å²) in [5, 5.41) is 14.3. The first-order valence-electron chi connectivity index (χ1n) is 8.28. The largest absolute Gasteiger partial charge is 0.481 e. The lowest BCUT2D eigenvalue weighted by molar-refractivity contribution is -0.141. The van der Waals surface area contributed by atoms with Gasteiger partial charge in [0, 0.05) is 18.7 Å². The minimum absolute atomic E-state index is 0.388. The molecule has 0 aliphatic carbocycles. The molecule has 7 nitrogen and oxygen atoms in total. The van der Waals surface area contributed by atoms with E-state index >= 15 is 0 Å². The highest BCUT2D eigenvalue weighted by Crippen LogP contribution is 2.34. The third-order valence-corrected chi connectivity index (χ3v) is 4.65. The highest BCUT2D eigenvalue weighted by molar-refractivity contribution is 5.98. The van der Waals surface area contributed by atoms with Gasteiger partial charge < -0.3 is 14.5 Å². The number of carboxylic acid groups (broad SMARTS) is 1. The summed E-state index contributed by atoms with van der Waals surface area (Å²) in [7, 11) is 0. The Hall–Kier alpha value is -2.96. The van der Waals surface area contributed by atoms with Crippen molar-refractivity contribution in [3.63, 3.8) is 0 Å². The van der Waals surface area contributed by atoms with E-state index in [4.69, 9.17) is 4.52 Å². The second kappa shape index (κ2) is 6.16. The Kier molecular flexibility index (Phi) is 3.83. The minimum Gasteiger partial charge on any atom is -0.481 e. The number of benzene rings is 1. The summed E-state index contributed by atoms with van der Waals surface area (Å²) in [5.41, 5.74) is 3.18. The van der Waals surface area contributed by atoms with E-state index in [9.17, 15) is 9.90 Å². The molecule has 0 radical (unpaired) electrons. The minimum atomic E-state index is -0.765. The fourth-order valence-corrected chi connectivity index (χ4v) is 3.29. The number of anilines is 1. The van der Waals surface area contributed by atoms with Crippen LogP contribution in [0.3, 0.4) is 0 Å². The second-order valence-electron chi connectivity index (χ2n) is 6.40. The van der Waals surface area contributed by atoms with Crippen LogP contribution in [0.5, 0.6) is 0 Å². The van der Waals surface area contributed by atoms with Gasteiger partial charge in [0.25, 0.3) is 5.71 Å². The topological polar surface area (TPSA) is 92.4 Å². The number of rotatable bonds is 3. The maximum Gasteiger partial charge on any atom is 0.308 e. The van der Waals surface area contributed by atoms with Gasteiger partial charge in [-0.25, -0.2) is 4.98 Å². The van der Waals surface area contributed by atoms with Crippen LogP contribution in [0.2, 0.25) is 0 Å². The van der Waals surface area contributed by atoms with Crippen molar-refractivity contribution in [3.8, 4) is 11.3 Å². The molecular weight excluding hydrogens is 320 g/mol. The maximum atomic E-state index is 11.4. The van der Waals surface area contributed by atoms with E-state index in [2.05, 4.69) is 15.1 Å². The predicted octanol–water partition coefficient (Wildman–Crippen LogP) is 2.89. The van der Waals surface area contributed by atoms with E-state index in [0.717, 1.165) is 29.5 Å². The summed E-state index contributed by atoms with van der Waals surface area (Å²) in [4.78, 5) is 22.0. The molecule has 4 rings (SSSR count). The van der Waals surface area contributed by atoms with E-state index in [1.165, 1.54) is 6.33 Å². The molecule has 0 amide bonds. The van der Waals surface area contributed by atoms with Crippen molar-refractivity contribution < 1.29 is 14.4 Å². The van der Waals surface area contributed by atoms with Gasteiger partial charge >= 0.3 is 5.97 Å². The molecule has 1 aliphatic rings. The zero-order valence-corrected chi connectivity index (χ0v) is 13.8.